The van der Waals surface area contributed by atoms with Gasteiger partial charge in [-0.05, 0) is 26.0 Å². The number of nitrogens with one attached hydrogen (secondary N) is 1. The number of ether oxygens (including phenoxy) is 1. The van der Waals surface area contributed by atoms with Crippen LogP contribution in [0.4, 0.5) is 14.5 Å². The summed E-state index contributed by atoms with van der Waals surface area (Å²) < 4.78 is 29.5. The number of para-hydroxylation sites is 2. The molecule has 0 bridgehead atoms. The average molecular weight is 229 g/mol. The SMILES string of the molecule is CC(C)Oc1ccccc1NC(=O)C(F)F. The molecular formula is C11H13F2NO2. The highest BCUT2D eigenvalue weighted by Gasteiger charge is 2.17. The van der Waals surface area contributed by atoms with Crippen LogP contribution < -0.4 is 10.1 Å². The molecule has 0 heterocycles. The van der Waals surface area contributed by atoms with Crippen LogP contribution in [0.5, 0.6) is 5.75 Å². The minimum absolute atomic E-state index is 0.0930. The molecule has 5 heteroatoms. The van der Waals surface area contributed by atoms with Gasteiger partial charge in [0, 0.05) is 0 Å². The minimum Gasteiger partial charge on any atom is -0.489 e. The number of hydrogen-bond donors (Lipinski definition) is 1. The summed E-state index contributed by atoms with van der Waals surface area (Å²) in [7, 11) is 0. The second kappa shape index (κ2) is 5.44. The van der Waals surface area contributed by atoms with E-state index >= 15 is 0 Å². The molecule has 0 aromatic heterocycles. The molecule has 0 saturated heterocycles. The van der Waals surface area contributed by atoms with Crippen molar-refractivity contribution in [2.24, 2.45) is 0 Å². The van der Waals surface area contributed by atoms with Gasteiger partial charge < -0.3 is 10.1 Å². The first-order valence-corrected chi connectivity index (χ1v) is 4.85. The van der Waals surface area contributed by atoms with Crippen LogP contribution in [0, 0.1) is 0 Å². The molecule has 0 radical (unpaired) electrons. The predicted octanol–water partition coefficient (Wildman–Crippen LogP) is 2.68. The molecule has 3 nitrogen and oxygen atoms in total. The number of anilines is 1. The molecule has 0 unspecified atom stereocenters. The quantitative estimate of drug-likeness (QED) is 0.862. The number of hydrogen-bond acceptors (Lipinski definition) is 2. The Bertz CT molecular complexity index is 367. The van der Waals surface area contributed by atoms with Crippen LogP contribution in [0.1, 0.15) is 13.8 Å². The molecule has 0 aliphatic carbocycles. The minimum atomic E-state index is -3.04. The molecule has 1 N–H and O–H groups in total. The second-order valence-electron chi connectivity index (χ2n) is 3.45. The number of halogens is 2. The van der Waals surface area contributed by atoms with Crippen molar-refractivity contribution >= 4 is 11.6 Å². The zero-order valence-corrected chi connectivity index (χ0v) is 9.04. The molecule has 1 rings (SSSR count). The molecule has 1 amide bonds. The van der Waals surface area contributed by atoms with E-state index in [4.69, 9.17) is 4.74 Å². The van der Waals surface area contributed by atoms with E-state index in [9.17, 15) is 13.6 Å². The number of carbonyl (C=O) groups is 1. The first-order valence-electron chi connectivity index (χ1n) is 4.85. The fourth-order valence-electron chi connectivity index (χ4n) is 1.11. The molecule has 1 aromatic carbocycles. The molecule has 0 saturated carbocycles. The molecule has 0 spiro atoms. The zero-order chi connectivity index (χ0) is 12.1. The lowest BCUT2D eigenvalue weighted by Crippen LogP contribution is -2.21. The Labute approximate surface area is 92.4 Å². The summed E-state index contributed by atoms with van der Waals surface area (Å²) in [6.45, 7) is 3.62. The van der Waals surface area contributed by atoms with E-state index in [1.165, 1.54) is 6.07 Å². The summed E-state index contributed by atoms with van der Waals surface area (Å²) in [6, 6.07) is 6.46. The van der Waals surface area contributed by atoms with Gasteiger partial charge in [0.15, 0.2) is 0 Å². The van der Waals surface area contributed by atoms with Gasteiger partial charge in [-0.2, -0.15) is 8.78 Å². The van der Waals surface area contributed by atoms with Crippen molar-refractivity contribution in [3.63, 3.8) is 0 Å². The van der Waals surface area contributed by atoms with Crippen LogP contribution in [-0.2, 0) is 4.79 Å². The largest absolute Gasteiger partial charge is 0.489 e. The average Bonchev–Trinajstić information content (AvgIpc) is 2.20. The molecule has 1 aromatic rings. The van der Waals surface area contributed by atoms with Crippen molar-refractivity contribution < 1.29 is 18.3 Å². The fourth-order valence-corrected chi connectivity index (χ4v) is 1.11. The molecule has 0 aliphatic rings. The van der Waals surface area contributed by atoms with Crippen molar-refractivity contribution in [3.05, 3.63) is 24.3 Å². The first-order chi connectivity index (χ1) is 7.50. The topological polar surface area (TPSA) is 38.3 Å². The molecular weight excluding hydrogens is 216 g/mol. The number of rotatable bonds is 4. The van der Waals surface area contributed by atoms with Gasteiger partial charge in [-0.15, -0.1) is 0 Å². The summed E-state index contributed by atoms with van der Waals surface area (Å²) in [5.74, 6) is -0.952. The summed E-state index contributed by atoms with van der Waals surface area (Å²) in [4.78, 5) is 10.8. The van der Waals surface area contributed by atoms with Crippen LogP contribution in [0.2, 0.25) is 0 Å². The maximum Gasteiger partial charge on any atom is 0.315 e. The highest BCUT2D eigenvalue weighted by atomic mass is 19.3. The van der Waals surface area contributed by atoms with Crippen molar-refractivity contribution in [1.29, 1.82) is 0 Å². The third-order valence-electron chi connectivity index (χ3n) is 1.71. The molecule has 0 aliphatic heterocycles. The molecule has 88 valence electrons. The Morgan fingerprint density at radius 3 is 2.50 bits per heavy atom. The van der Waals surface area contributed by atoms with Gasteiger partial charge in [0.25, 0.3) is 5.91 Å². The molecule has 0 atom stereocenters. The van der Waals surface area contributed by atoms with E-state index in [-0.39, 0.29) is 11.8 Å². The molecule has 0 fully saturated rings. The third kappa shape index (κ3) is 3.49. The van der Waals surface area contributed by atoms with E-state index in [0.717, 1.165) is 0 Å². The number of amides is 1. The van der Waals surface area contributed by atoms with E-state index in [1.807, 2.05) is 13.8 Å². The summed E-state index contributed by atoms with van der Waals surface area (Å²) in [5.41, 5.74) is 0.251. The summed E-state index contributed by atoms with van der Waals surface area (Å²) >= 11 is 0. The number of carbonyl (C=O) groups excluding carboxylic acids is 1. The predicted molar refractivity (Wildman–Crippen MR) is 56.8 cm³/mol. The van der Waals surface area contributed by atoms with Gasteiger partial charge in [0.1, 0.15) is 5.75 Å². The Morgan fingerprint density at radius 2 is 1.94 bits per heavy atom. The Kier molecular flexibility index (Phi) is 4.22. The van der Waals surface area contributed by atoms with Crippen LogP contribution in [0.3, 0.4) is 0 Å². The van der Waals surface area contributed by atoms with Gasteiger partial charge in [0.05, 0.1) is 11.8 Å². The van der Waals surface area contributed by atoms with Gasteiger partial charge in [-0.25, -0.2) is 0 Å². The monoisotopic (exact) mass is 229 g/mol. The standard InChI is InChI=1S/C11H13F2NO2/c1-7(2)16-9-6-4-3-5-8(9)14-11(15)10(12)13/h3-7,10H,1-2H3,(H,14,15). The maximum absolute atomic E-state index is 12.1. The highest BCUT2D eigenvalue weighted by Crippen LogP contribution is 2.25. The lowest BCUT2D eigenvalue weighted by Gasteiger charge is -2.14. The second-order valence-corrected chi connectivity index (χ2v) is 3.45. The molecule has 16 heavy (non-hydrogen) atoms. The van der Waals surface area contributed by atoms with Crippen LogP contribution in [-0.4, -0.2) is 18.4 Å². The number of benzene rings is 1. The Morgan fingerprint density at radius 1 is 1.31 bits per heavy atom. The van der Waals surface area contributed by atoms with Gasteiger partial charge in [-0.3, -0.25) is 4.79 Å². The van der Waals surface area contributed by atoms with Crippen LogP contribution in [0.15, 0.2) is 24.3 Å². The maximum atomic E-state index is 12.1. The number of alkyl halides is 2. The smallest absolute Gasteiger partial charge is 0.315 e. The van der Waals surface area contributed by atoms with Crippen molar-refractivity contribution in [3.8, 4) is 5.75 Å². The lowest BCUT2D eigenvalue weighted by molar-refractivity contribution is -0.126. The van der Waals surface area contributed by atoms with Crippen molar-refractivity contribution in [2.45, 2.75) is 26.4 Å². The summed E-state index contributed by atoms with van der Waals surface area (Å²) in [6.07, 6.45) is -3.13. The van der Waals surface area contributed by atoms with Crippen molar-refractivity contribution in [2.75, 3.05) is 5.32 Å². The highest BCUT2D eigenvalue weighted by molar-refractivity contribution is 5.94. The van der Waals surface area contributed by atoms with Gasteiger partial charge in [0.2, 0.25) is 0 Å². The fraction of sp³-hybridized carbons (Fsp3) is 0.364. The Hall–Kier alpha value is -1.65. The third-order valence-corrected chi connectivity index (χ3v) is 1.71. The van der Waals surface area contributed by atoms with E-state index < -0.39 is 12.3 Å². The van der Waals surface area contributed by atoms with E-state index in [0.29, 0.717) is 5.75 Å². The van der Waals surface area contributed by atoms with Crippen LogP contribution >= 0.6 is 0 Å². The van der Waals surface area contributed by atoms with Gasteiger partial charge in [-0.1, -0.05) is 12.1 Å². The zero-order valence-electron chi connectivity index (χ0n) is 9.04. The lowest BCUT2D eigenvalue weighted by atomic mass is 10.3. The Balaban J connectivity index is 2.82. The summed E-state index contributed by atoms with van der Waals surface area (Å²) in [5, 5.41) is 2.10. The first kappa shape index (κ1) is 12.4. The van der Waals surface area contributed by atoms with E-state index in [1.54, 1.807) is 18.2 Å². The normalized spacial score (nSPS) is 10.6. The van der Waals surface area contributed by atoms with E-state index in [2.05, 4.69) is 5.32 Å². The van der Waals surface area contributed by atoms with Crippen LogP contribution in [0.25, 0.3) is 0 Å². The van der Waals surface area contributed by atoms with Gasteiger partial charge >= 0.3 is 6.43 Å². The van der Waals surface area contributed by atoms with Crippen molar-refractivity contribution in [1.82, 2.24) is 0 Å².